The smallest absolute Gasteiger partial charge is 0.257 e. The molecule has 2 aromatic rings. The monoisotopic (exact) mass is 408 g/mol. The second-order valence-electron chi connectivity index (χ2n) is 7.55. The molecule has 3 rings (SSSR count). The van der Waals surface area contributed by atoms with Crippen molar-refractivity contribution in [1.82, 2.24) is 4.90 Å². The standard InChI is InChI=1S/C24H28N2O4/c1-5-17(4)25(23(28)18-9-7-8-16(3)14-18)21-15-22(27)26(24(21)29)19-10-12-20(13-11-19)30-6-2/h7-14,17,21H,5-6,15H2,1-4H3. The maximum absolute atomic E-state index is 13.3. The molecule has 0 radical (unpaired) electrons. The lowest BCUT2D eigenvalue weighted by molar-refractivity contribution is -0.122. The van der Waals surface area contributed by atoms with E-state index in [0.29, 0.717) is 30.0 Å². The van der Waals surface area contributed by atoms with Gasteiger partial charge in [0, 0.05) is 11.6 Å². The van der Waals surface area contributed by atoms with E-state index in [0.717, 1.165) is 5.56 Å². The Bertz CT molecular complexity index is 938. The number of hydrogen-bond acceptors (Lipinski definition) is 4. The fraction of sp³-hybridized carbons (Fsp3) is 0.375. The molecule has 0 saturated carbocycles. The Labute approximate surface area is 177 Å². The van der Waals surface area contributed by atoms with Gasteiger partial charge in [-0.05, 0) is 63.6 Å². The Balaban J connectivity index is 1.90. The van der Waals surface area contributed by atoms with Crippen LogP contribution >= 0.6 is 0 Å². The molecule has 1 aliphatic rings. The fourth-order valence-electron chi connectivity index (χ4n) is 3.74. The Morgan fingerprint density at radius 1 is 1.17 bits per heavy atom. The van der Waals surface area contributed by atoms with Crippen LogP contribution in [0.25, 0.3) is 0 Å². The van der Waals surface area contributed by atoms with E-state index in [-0.39, 0.29) is 30.2 Å². The van der Waals surface area contributed by atoms with Gasteiger partial charge in [-0.25, -0.2) is 4.90 Å². The van der Waals surface area contributed by atoms with Gasteiger partial charge in [-0.3, -0.25) is 14.4 Å². The number of nitrogens with zero attached hydrogens (tertiary/aromatic N) is 2. The van der Waals surface area contributed by atoms with Crippen LogP contribution in [0.4, 0.5) is 5.69 Å². The molecule has 30 heavy (non-hydrogen) atoms. The number of imide groups is 1. The van der Waals surface area contributed by atoms with Gasteiger partial charge in [-0.1, -0.05) is 24.6 Å². The highest BCUT2D eigenvalue weighted by Crippen LogP contribution is 2.29. The molecule has 6 heteroatoms. The molecular weight excluding hydrogens is 380 g/mol. The van der Waals surface area contributed by atoms with Crippen LogP contribution in [0, 0.1) is 6.92 Å². The van der Waals surface area contributed by atoms with Crippen molar-refractivity contribution in [3.8, 4) is 5.75 Å². The second-order valence-corrected chi connectivity index (χ2v) is 7.55. The van der Waals surface area contributed by atoms with E-state index in [2.05, 4.69) is 0 Å². The number of anilines is 1. The Morgan fingerprint density at radius 3 is 2.47 bits per heavy atom. The lowest BCUT2D eigenvalue weighted by Crippen LogP contribution is -2.49. The third-order valence-corrected chi connectivity index (χ3v) is 5.43. The zero-order chi connectivity index (χ0) is 21.8. The predicted molar refractivity (Wildman–Crippen MR) is 116 cm³/mol. The molecule has 6 nitrogen and oxygen atoms in total. The molecule has 0 N–H and O–H groups in total. The summed E-state index contributed by atoms with van der Waals surface area (Å²) in [4.78, 5) is 42.1. The highest BCUT2D eigenvalue weighted by molar-refractivity contribution is 6.23. The zero-order valence-corrected chi connectivity index (χ0v) is 17.9. The molecule has 3 amide bonds. The quantitative estimate of drug-likeness (QED) is 0.650. The summed E-state index contributed by atoms with van der Waals surface area (Å²) in [6.07, 6.45) is 0.659. The zero-order valence-electron chi connectivity index (χ0n) is 17.9. The van der Waals surface area contributed by atoms with Crippen LogP contribution in [-0.2, 0) is 9.59 Å². The second kappa shape index (κ2) is 9.11. The number of ether oxygens (including phenoxy) is 1. The van der Waals surface area contributed by atoms with Gasteiger partial charge in [0.05, 0.1) is 18.7 Å². The number of carbonyl (C=O) groups is 3. The largest absolute Gasteiger partial charge is 0.494 e. The molecule has 1 heterocycles. The number of amides is 3. The van der Waals surface area contributed by atoms with Crippen molar-refractivity contribution in [2.45, 2.75) is 52.6 Å². The van der Waals surface area contributed by atoms with E-state index in [1.807, 2.05) is 45.9 Å². The van der Waals surface area contributed by atoms with Gasteiger partial charge < -0.3 is 9.64 Å². The van der Waals surface area contributed by atoms with Crippen LogP contribution in [0.1, 0.15) is 49.5 Å². The first-order chi connectivity index (χ1) is 14.4. The molecule has 0 bridgehead atoms. The lowest BCUT2D eigenvalue weighted by Gasteiger charge is -2.33. The highest BCUT2D eigenvalue weighted by atomic mass is 16.5. The van der Waals surface area contributed by atoms with E-state index in [1.165, 1.54) is 4.90 Å². The van der Waals surface area contributed by atoms with Crippen molar-refractivity contribution in [2.75, 3.05) is 11.5 Å². The van der Waals surface area contributed by atoms with Crippen LogP contribution in [0.15, 0.2) is 48.5 Å². The summed E-state index contributed by atoms with van der Waals surface area (Å²) >= 11 is 0. The molecule has 0 aliphatic carbocycles. The van der Waals surface area contributed by atoms with E-state index in [9.17, 15) is 14.4 Å². The number of rotatable bonds is 7. The molecule has 2 aromatic carbocycles. The van der Waals surface area contributed by atoms with Gasteiger partial charge in [-0.15, -0.1) is 0 Å². The molecule has 158 valence electrons. The summed E-state index contributed by atoms with van der Waals surface area (Å²) < 4.78 is 5.43. The fourth-order valence-corrected chi connectivity index (χ4v) is 3.74. The molecule has 1 saturated heterocycles. The van der Waals surface area contributed by atoms with Crippen molar-refractivity contribution < 1.29 is 19.1 Å². The van der Waals surface area contributed by atoms with E-state index in [1.54, 1.807) is 35.2 Å². The highest BCUT2D eigenvalue weighted by Gasteiger charge is 2.45. The number of carbonyl (C=O) groups excluding carboxylic acids is 3. The van der Waals surface area contributed by atoms with Crippen LogP contribution in [0.3, 0.4) is 0 Å². The third-order valence-electron chi connectivity index (χ3n) is 5.43. The van der Waals surface area contributed by atoms with E-state index in [4.69, 9.17) is 4.74 Å². The van der Waals surface area contributed by atoms with Crippen molar-refractivity contribution >= 4 is 23.4 Å². The van der Waals surface area contributed by atoms with E-state index >= 15 is 0 Å². The summed E-state index contributed by atoms with van der Waals surface area (Å²) in [5.74, 6) is -0.231. The minimum Gasteiger partial charge on any atom is -0.494 e. The average Bonchev–Trinajstić information content (AvgIpc) is 3.02. The van der Waals surface area contributed by atoms with Crippen LogP contribution in [0.5, 0.6) is 5.75 Å². The lowest BCUT2D eigenvalue weighted by atomic mass is 10.0. The minimum atomic E-state index is -0.813. The number of benzene rings is 2. The topological polar surface area (TPSA) is 66.9 Å². The first-order valence-electron chi connectivity index (χ1n) is 10.4. The first-order valence-corrected chi connectivity index (χ1v) is 10.4. The van der Waals surface area contributed by atoms with Crippen molar-refractivity contribution in [1.29, 1.82) is 0 Å². The van der Waals surface area contributed by atoms with Gasteiger partial charge in [0.1, 0.15) is 11.8 Å². The maximum atomic E-state index is 13.3. The summed E-state index contributed by atoms with van der Waals surface area (Å²) in [5, 5.41) is 0. The Hall–Kier alpha value is -3.15. The van der Waals surface area contributed by atoms with E-state index < -0.39 is 6.04 Å². The molecule has 1 aliphatic heterocycles. The van der Waals surface area contributed by atoms with Gasteiger partial charge in [-0.2, -0.15) is 0 Å². The predicted octanol–water partition coefficient (Wildman–Crippen LogP) is 3.97. The summed E-state index contributed by atoms with van der Waals surface area (Å²) in [6.45, 7) is 8.22. The molecule has 1 fully saturated rings. The molecule has 0 spiro atoms. The molecule has 0 aromatic heterocycles. The van der Waals surface area contributed by atoms with Gasteiger partial charge >= 0.3 is 0 Å². The third kappa shape index (κ3) is 4.22. The van der Waals surface area contributed by atoms with Crippen LogP contribution < -0.4 is 9.64 Å². The van der Waals surface area contributed by atoms with Crippen molar-refractivity contribution in [3.63, 3.8) is 0 Å². The molecule has 2 atom stereocenters. The van der Waals surface area contributed by atoms with Crippen molar-refractivity contribution in [3.05, 3.63) is 59.7 Å². The number of aryl methyl sites for hydroxylation is 1. The van der Waals surface area contributed by atoms with Crippen LogP contribution in [0.2, 0.25) is 0 Å². The normalized spacial score (nSPS) is 17.2. The molecule has 2 unspecified atom stereocenters. The summed E-state index contributed by atoms with van der Waals surface area (Å²) in [5.41, 5.74) is 1.98. The summed E-state index contributed by atoms with van der Waals surface area (Å²) in [7, 11) is 0. The SMILES string of the molecule is CCOc1ccc(N2C(=O)CC(N(C(=O)c3cccc(C)c3)C(C)CC)C2=O)cc1. The summed E-state index contributed by atoms with van der Waals surface area (Å²) in [6, 6.07) is 13.2. The Kier molecular flexibility index (Phi) is 6.55. The minimum absolute atomic E-state index is 0.0199. The molecular formula is C24H28N2O4. The average molecular weight is 408 g/mol. The van der Waals surface area contributed by atoms with Crippen LogP contribution in [-0.4, -0.2) is 41.3 Å². The first kappa shape index (κ1) is 21.6. The van der Waals surface area contributed by atoms with Gasteiger partial charge in [0.25, 0.3) is 11.8 Å². The maximum Gasteiger partial charge on any atom is 0.257 e. The van der Waals surface area contributed by atoms with Crippen molar-refractivity contribution in [2.24, 2.45) is 0 Å². The van der Waals surface area contributed by atoms with Gasteiger partial charge in [0.2, 0.25) is 5.91 Å². The Morgan fingerprint density at radius 2 is 1.87 bits per heavy atom. The van der Waals surface area contributed by atoms with Gasteiger partial charge in [0.15, 0.2) is 0 Å². The number of hydrogen-bond donors (Lipinski definition) is 0.